The number of hydrogen-bond acceptors (Lipinski definition) is 3. The fraction of sp³-hybridized carbons (Fsp3) is 0.455. The number of halogens is 3. The highest BCUT2D eigenvalue weighted by molar-refractivity contribution is 6.35. The molecule has 28 heavy (non-hydrogen) atoms. The Kier molecular flexibility index (Phi) is 12.4. The van der Waals surface area contributed by atoms with E-state index in [4.69, 9.17) is 32.7 Å². The number of nitrogens with one attached hydrogen (secondary N) is 1. The van der Waals surface area contributed by atoms with Crippen molar-refractivity contribution in [1.29, 1.82) is 0 Å². The first-order valence-corrected chi connectivity index (χ1v) is 10.3. The third-order valence-electron chi connectivity index (χ3n) is 4.41. The van der Waals surface area contributed by atoms with E-state index in [1.807, 2.05) is 18.2 Å². The van der Waals surface area contributed by atoms with E-state index < -0.39 is 0 Å². The van der Waals surface area contributed by atoms with Crippen LogP contribution in [-0.2, 0) is 13.2 Å². The summed E-state index contributed by atoms with van der Waals surface area (Å²) in [6, 6.07) is 11.4. The van der Waals surface area contributed by atoms with Crippen LogP contribution >= 0.6 is 35.6 Å². The summed E-state index contributed by atoms with van der Waals surface area (Å²) in [7, 11) is 1.66. The molecule has 0 spiro atoms. The van der Waals surface area contributed by atoms with Gasteiger partial charge in [0.25, 0.3) is 0 Å². The molecule has 0 aromatic heterocycles. The van der Waals surface area contributed by atoms with E-state index in [9.17, 15) is 0 Å². The zero-order valence-corrected chi connectivity index (χ0v) is 18.9. The van der Waals surface area contributed by atoms with E-state index in [1.165, 1.54) is 37.7 Å². The standard InChI is InChI=1S/C22H29Cl2NO2.ClH/c1-3-4-5-6-7-12-25-15-17-8-11-21(22(13-17)26-2)27-16-18-9-10-19(23)14-20(18)24;/h8-11,13-14,25H,3-7,12,15-16H2,1-2H3;1H. The predicted molar refractivity (Wildman–Crippen MR) is 122 cm³/mol. The van der Waals surface area contributed by atoms with Crippen molar-refractivity contribution < 1.29 is 9.47 Å². The molecule has 6 heteroatoms. The van der Waals surface area contributed by atoms with Gasteiger partial charge in [0.2, 0.25) is 0 Å². The molecule has 0 radical (unpaired) electrons. The minimum absolute atomic E-state index is 0. The third kappa shape index (κ3) is 8.48. The maximum Gasteiger partial charge on any atom is 0.161 e. The quantitative estimate of drug-likeness (QED) is 0.354. The van der Waals surface area contributed by atoms with Crippen LogP contribution in [0.2, 0.25) is 10.0 Å². The lowest BCUT2D eigenvalue weighted by atomic mass is 10.1. The molecule has 156 valence electrons. The molecule has 1 N–H and O–H groups in total. The van der Waals surface area contributed by atoms with Gasteiger partial charge in [-0.25, -0.2) is 0 Å². The Morgan fingerprint density at radius 2 is 1.71 bits per heavy atom. The molecule has 0 heterocycles. The van der Waals surface area contributed by atoms with E-state index in [2.05, 4.69) is 18.3 Å². The predicted octanol–water partition coefficient (Wildman–Crippen LogP) is 7.06. The third-order valence-corrected chi connectivity index (χ3v) is 5.00. The largest absolute Gasteiger partial charge is 0.493 e. The van der Waals surface area contributed by atoms with Crippen molar-refractivity contribution in [2.24, 2.45) is 0 Å². The van der Waals surface area contributed by atoms with Crippen molar-refractivity contribution in [2.45, 2.75) is 52.2 Å². The molecule has 0 aliphatic heterocycles. The summed E-state index contributed by atoms with van der Waals surface area (Å²) in [5, 5.41) is 4.71. The van der Waals surface area contributed by atoms with Crippen molar-refractivity contribution in [3.63, 3.8) is 0 Å². The molecule has 0 aliphatic carbocycles. The van der Waals surface area contributed by atoms with Gasteiger partial charge in [0.05, 0.1) is 7.11 Å². The van der Waals surface area contributed by atoms with Gasteiger partial charge in [0.15, 0.2) is 11.5 Å². The molecule has 0 amide bonds. The summed E-state index contributed by atoms with van der Waals surface area (Å²) in [4.78, 5) is 0. The van der Waals surface area contributed by atoms with Crippen LogP contribution in [-0.4, -0.2) is 13.7 Å². The lowest BCUT2D eigenvalue weighted by Gasteiger charge is -2.13. The molecule has 2 aromatic carbocycles. The molecule has 2 aromatic rings. The van der Waals surface area contributed by atoms with Gasteiger partial charge in [-0.15, -0.1) is 12.4 Å². The van der Waals surface area contributed by atoms with Crippen molar-refractivity contribution in [3.05, 3.63) is 57.6 Å². The van der Waals surface area contributed by atoms with Crippen LogP contribution in [0.4, 0.5) is 0 Å². The number of hydrogen-bond donors (Lipinski definition) is 1. The molecule has 0 atom stereocenters. The van der Waals surface area contributed by atoms with Gasteiger partial charge in [-0.05, 0) is 42.8 Å². The van der Waals surface area contributed by atoms with Crippen LogP contribution in [0, 0.1) is 0 Å². The zero-order valence-electron chi connectivity index (χ0n) is 16.6. The Hall–Kier alpha value is -1.13. The van der Waals surface area contributed by atoms with Crippen LogP contribution in [0.3, 0.4) is 0 Å². The Balaban J connectivity index is 0.00000392. The van der Waals surface area contributed by atoms with E-state index in [1.54, 1.807) is 19.2 Å². The zero-order chi connectivity index (χ0) is 19.5. The van der Waals surface area contributed by atoms with E-state index in [0.717, 1.165) is 24.4 Å². The first kappa shape index (κ1) is 24.9. The number of rotatable bonds is 12. The Morgan fingerprint density at radius 1 is 0.929 bits per heavy atom. The number of unbranched alkanes of at least 4 members (excludes halogenated alkanes) is 4. The minimum Gasteiger partial charge on any atom is -0.493 e. The SMILES string of the molecule is CCCCCCCNCc1ccc(OCc2ccc(Cl)cc2Cl)c(OC)c1.Cl. The average Bonchev–Trinajstić information content (AvgIpc) is 2.67. The van der Waals surface area contributed by atoms with Crippen LogP contribution in [0.15, 0.2) is 36.4 Å². The summed E-state index contributed by atoms with van der Waals surface area (Å²) in [6.07, 6.45) is 6.46. The van der Waals surface area contributed by atoms with Gasteiger partial charge < -0.3 is 14.8 Å². The fourth-order valence-electron chi connectivity index (χ4n) is 2.82. The monoisotopic (exact) mass is 445 g/mol. The van der Waals surface area contributed by atoms with Crippen LogP contribution < -0.4 is 14.8 Å². The number of ether oxygens (including phenoxy) is 2. The Morgan fingerprint density at radius 3 is 2.43 bits per heavy atom. The first-order chi connectivity index (χ1) is 13.1. The Labute approximate surface area is 185 Å². The molecule has 0 bridgehead atoms. The lowest BCUT2D eigenvalue weighted by molar-refractivity contribution is 0.284. The highest BCUT2D eigenvalue weighted by Gasteiger charge is 2.08. The molecule has 2 rings (SSSR count). The highest BCUT2D eigenvalue weighted by Crippen LogP contribution is 2.30. The topological polar surface area (TPSA) is 30.5 Å². The average molecular weight is 447 g/mol. The molecular weight excluding hydrogens is 417 g/mol. The van der Waals surface area contributed by atoms with E-state index >= 15 is 0 Å². The summed E-state index contributed by atoms with van der Waals surface area (Å²) in [6.45, 7) is 4.47. The second-order valence-electron chi connectivity index (χ2n) is 6.60. The maximum atomic E-state index is 6.20. The molecule has 0 saturated carbocycles. The van der Waals surface area contributed by atoms with Crippen LogP contribution in [0.1, 0.15) is 50.2 Å². The van der Waals surface area contributed by atoms with Gasteiger partial charge in [-0.1, -0.05) is 67.9 Å². The van der Waals surface area contributed by atoms with Crippen LogP contribution in [0.5, 0.6) is 11.5 Å². The smallest absolute Gasteiger partial charge is 0.161 e. The molecular formula is C22H30Cl3NO2. The molecule has 0 unspecified atom stereocenters. The maximum absolute atomic E-state index is 6.20. The fourth-order valence-corrected chi connectivity index (χ4v) is 3.28. The van der Waals surface area contributed by atoms with Crippen LogP contribution in [0.25, 0.3) is 0 Å². The molecule has 0 saturated heterocycles. The summed E-state index contributed by atoms with van der Waals surface area (Å²) in [5.41, 5.74) is 2.06. The first-order valence-electron chi connectivity index (χ1n) is 9.58. The van der Waals surface area contributed by atoms with Gasteiger partial charge >= 0.3 is 0 Å². The minimum atomic E-state index is 0. The van der Waals surface area contributed by atoms with Gasteiger partial charge in [-0.2, -0.15) is 0 Å². The summed E-state index contributed by atoms with van der Waals surface area (Å²) in [5.74, 6) is 1.43. The summed E-state index contributed by atoms with van der Waals surface area (Å²) < 4.78 is 11.4. The molecule has 0 aliphatic rings. The normalized spacial score (nSPS) is 10.4. The summed E-state index contributed by atoms with van der Waals surface area (Å²) >= 11 is 12.1. The van der Waals surface area contributed by atoms with Crippen molar-refractivity contribution in [2.75, 3.05) is 13.7 Å². The van der Waals surface area contributed by atoms with E-state index in [0.29, 0.717) is 22.4 Å². The van der Waals surface area contributed by atoms with Crippen molar-refractivity contribution in [3.8, 4) is 11.5 Å². The molecule has 0 fully saturated rings. The van der Waals surface area contributed by atoms with Gasteiger partial charge in [0, 0.05) is 22.2 Å². The van der Waals surface area contributed by atoms with Crippen molar-refractivity contribution in [1.82, 2.24) is 5.32 Å². The van der Waals surface area contributed by atoms with Crippen molar-refractivity contribution >= 4 is 35.6 Å². The lowest BCUT2D eigenvalue weighted by Crippen LogP contribution is -2.14. The molecule has 3 nitrogen and oxygen atoms in total. The van der Waals surface area contributed by atoms with E-state index in [-0.39, 0.29) is 12.4 Å². The second-order valence-corrected chi connectivity index (χ2v) is 7.44. The second kappa shape index (κ2) is 13.9. The number of benzene rings is 2. The Bertz CT molecular complexity index is 710. The highest BCUT2D eigenvalue weighted by atomic mass is 35.5. The van der Waals surface area contributed by atoms with Gasteiger partial charge in [0.1, 0.15) is 6.61 Å². The number of methoxy groups -OCH3 is 1. The van der Waals surface area contributed by atoms with Gasteiger partial charge in [-0.3, -0.25) is 0 Å².